The Balaban J connectivity index is 1.83. The van der Waals surface area contributed by atoms with Gasteiger partial charge in [-0.05, 0) is 29.8 Å². The lowest BCUT2D eigenvalue weighted by molar-refractivity contribution is -0.140. The number of amides is 1. The van der Waals surface area contributed by atoms with Crippen LogP contribution in [0, 0.1) is 6.92 Å². The largest absolute Gasteiger partial charge is 0.507 e. The standard InChI is InChI=1S/C21H17NO3S2/c1-13-6-8-14(9-7-13)19(23)17-18(16-5-3-11-27-16)22(21(25)20(17)24)12-15-4-2-10-26-15/h2-11,18,23H,12H2,1H3/b19-17-. The Morgan fingerprint density at radius 2 is 1.74 bits per heavy atom. The van der Waals surface area contributed by atoms with Gasteiger partial charge in [0.15, 0.2) is 0 Å². The summed E-state index contributed by atoms with van der Waals surface area (Å²) in [5.41, 5.74) is 1.75. The number of aliphatic hydroxyl groups excluding tert-OH is 1. The highest BCUT2D eigenvalue weighted by Crippen LogP contribution is 2.42. The summed E-state index contributed by atoms with van der Waals surface area (Å²) in [5, 5.41) is 14.8. The molecule has 0 saturated carbocycles. The second-order valence-corrected chi connectivity index (χ2v) is 8.40. The normalized spacial score (nSPS) is 19.0. The third kappa shape index (κ3) is 3.22. The van der Waals surface area contributed by atoms with E-state index in [0.29, 0.717) is 12.1 Å². The number of aryl methyl sites for hydroxylation is 1. The number of aliphatic hydroxyl groups is 1. The highest BCUT2D eigenvalue weighted by molar-refractivity contribution is 7.10. The van der Waals surface area contributed by atoms with Crippen LogP contribution in [-0.2, 0) is 16.1 Å². The summed E-state index contributed by atoms with van der Waals surface area (Å²) in [7, 11) is 0. The molecule has 136 valence electrons. The molecule has 3 heterocycles. The van der Waals surface area contributed by atoms with Crippen molar-refractivity contribution in [3.63, 3.8) is 0 Å². The maximum atomic E-state index is 12.8. The van der Waals surface area contributed by atoms with Crippen LogP contribution in [0.15, 0.2) is 64.9 Å². The van der Waals surface area contributed by atoms with Crippen molar-refractivity contribution < 1.29 is 14.7 Å². The van der Waals surface area contributed by atoms with Crippen LogP contribution in [0.3, 0.4) is 0 Å². The van der Waals surface area contributed by atoms with E-state index in [-0.39, 0.29) is 11.3 Å². The predicted molar refractivity (Wildman–Crippen MR) is 108 cm³/mol. The van der Waals surface area contributed by atoms with Crippen LogP contribution in [0.2, 0.25) is 0 Å². The molecule has 0 aliphatic carbocycles. The Morgan fingerprint density at radius 1 is 1.04 bits per heavy atom. The molecule has 0 radical (unpaired) electrons. The van der Waals surface area contributed by atoms with Gasteiger partial charge in [-0.25, -0.2) is 0 Å². The molecule has 0 bridgehead atoms. The van der Waals surface area contributed by atoms with E-state index < -0.39 is 17.7 Å². The highest BCUT2D eigenvalue weighted by atomic mass is 32.1. The molecule has 1 N–H and O–H groups in total. The van der Waals surface area contributed by atoms with Crippen molar-refractivity contribution in [3.05, 3.63) is 85.7 Å². The first-order chi connectivity index (χ1) is 13.1. The number of ketones is 1. The molecule has 2 aromatic heterocycles. The van der Waals surface area contributed by atoms with E-state index in [4.69, 9.17) is 0 Å². The lowest BCUT2D eigenvalue weighted by Gasteiger charge is -2.23. The molecule has 1 amide bonds. The van der Waals surface area contributed by atoms with Gasteiger partial charge in [0.05, 0.1) is 12.1 Å². The Labute approximate surface area is 165 Å². The molecule has 1 fully saturated rings. The summed E-state index contributed by atoms with van der Waals surface area (Å²) in [4.78, 5) is 29.0. The number of benzene rings is 1. The zero-order valence-electron chi connectivity index (χ0n) is 14.6. The minimum absolute atomic E-state index is 0.125. The average molecular weight is 396 g/mol. The molecule has 4 nitrogen and oxygen atoms in total. The first kappa shape index (κ1) is 17.7. The molecule has 1 saturated heterocycles. The van der Waals surface area contributed by atoms with Gasteiger partial charge < -0.3 is 10.0 Å². The number of carbonyl (C=O) groups is 2. The second-order valence-electron chi connectivity index (χ2n) is 6.39. The molecule has 0 spiro atoms. The van der Waals surface area contributed by atoms with Gasteiger partial charge in [-0.2, -0.15) is 0 Å². The summed E-state index contributed by atoms with van der Waals surface area (Å²) >= 11 is 3.01. The van der Waals surface area contributed by atoms with E-state index in [1.54, 1.807) is 17.0 Å². The van der Waals surface area contributed by atoms with Crippen LogP contribution < -0.4 is 0 Å². The SMILES string of the molecule is Cc1ccc(/C(O)=C2/C(=O)C(=O)N(Cc3cccs3)C2c2cccs2)cc1. The summed E-state index contributed by atoms with van der Waals surface area (Å²) in [6, 6.07) is 14.3. The quantitative estimate of drug-likeness (QED) is 0.394. The topological polar surface area (TPSA) is 57.6 Å². The van der Waals surface area contributed by atoms with Crippen molar-refractivity contribution >= 4 is 40.1 Å². The molecule has 27 heavy (non-hydrogen) atoms. The Hall–Kier alpha value is -2.70. The number of carbonyl (C=O) groups excluding carboxylic acids is 2. The van der Waals surface area contributed by atoms with Gasteiger partial charge in [0.25, 0.3) is 11.7 Å². The molecular formula is C21H17NO3S2. The number of rotatable bonds is 4. The molecular weight excluding hydrogens is 378 g/mol. The number of hydrogen-bond acceptors (Lipinski definition) is 5. The van der Waals surface area contributed by atoms with Gasteiger partial charge in [-0.15, -0.1) is 22.7 Å². The van der Waals surface area contributed by atoms with E-state index in [0.717, 1.165) is 15.3 Å². The first-order valence-corrected chi connectivity index (χ1v) is 10.2. The number of Topliss-reactive ketones (excluding diaryl/α,β-unsaturated/α-hetero) is 1. The summed E-state index contributed by atoms with van der Waals surface area (Å²) in [6.07, 6.45) is 0. The lowest BCUT2D eigenvalue weighted by Crippen LogP contribution is -2.28. The molecule has 1 atom stereocenters. The van der Waals surface area contributed by atoms with E-state index in [2.05, 4.69) is 0 Å². The summed E-state index contributed by atoms with van der Waals surface area (Å²) in [5.74, 6) is -1.33. The number of likely N-dealkylation sites (tertiary alicyclic amines) is 1. The first-order valence-electron chi connectivity index (χ1n) is 8.47. The Morgan fingerprint density at radius 3 is 2.37 bits per heavy atom. The fraction of sp³-hybridized carbons (Fsp3) is 0.143. The minimum Gasteiger partial charge on any atom is -0.507 e. The van der Waals surface area contributed by atoms with Gasteiger partial charge >= 0.3 is 0 Å². The van der Waals surface area contributed by atoms with Gasteiger partial charge in [-0.1, -0.05) is 42.0 Å². The zero-order valence-corrected chi connectivity index (χ0v) is 16.2. The number of hydrogen-bond donors (Lipinski definition) is 1. The van der Waals surface area contributed by atoms with Crippen LogP contribution >= 0.6 is 22.7 Å². The van der Waals surface area contributed by atoms with Crippen LogP contribution in [0.25, 0.3) is 5.76 Å². The van der Waals surface area contributed by atoms with Crippen LogP contribution in [0.4, 0.5) is 0 Å². The van der Waals surface area contributed by atoms with Crippen LogP contribution in [0.1, 0.15) is 26.9 Å². The summed E-state index contributed by atoms with van der Waals surface area (Å²) in [6.45, 7) is 2.30. The molecule has 4 rings (SSSR count). The van der Waals surface area contributed by atoms with Crippen LogP contribution in [-0.4, -0.2) is 21.7 Å². The molecule has 3 aromatic rings. The van der Waals surface area contributed by atoms with Crippen molar-refractivity contribution in [2.24, 2.45) is 0 Å². The highest BCUT2D eigenvalue weighted by Gasteiger charge is 2.46. The van der Waals surface area contributed by atoms with Gasteiger partial charge in [0, 0.05) is 15.3 Å². The van der Waals surface area contributed by atoms with E-state index in [1.165, 1.54) is 22.7 Å². The van der Waals surface area contributed by atoms with Crippen molar-refractivity contribution in [2.75, 3.05) is 0 Å². The molecule has 1 aromatic carbocycles. The van der Waals surface area contributed by atoms with Crippen molar-refractivity contribution in [1.82, 2.24) is 4.90 Å². The monoisotopic (exact) mass is 395 g/mol. The Kier molecular flexibility index (Phi) is 4.68. The van der Waals surface area contributed by atoms with Crippen molar-refractivity contribution in [3.8, 4) is 0 Å². The number of thiophene rings is 2. The molecule has 6 heteroatoms. The average Bonchev–Trinajstić information content (AvgIpc) is 3.40. The molecule has 1 aliphatic heterocycles. The lowest BCUT2D eigenvalue weighted by atomic mass is 9.99. The summed E-state index contributed by atoms with van der Waals surface area (Å²) < 4.78 is 0. The number of nitrogens with zero attached hydrogens (tertiary/aromatic N) is 1. The fourth-order valence-corrected chi connectivity index (χ4v) is 4.77. The van der Waals surface area contributed by atoms with Gasteiger partial charge in [0.1, 0.15) is 11.8 Å². The smallest absolute Gasteiger partial charge is 0.296 e. The van der Waals surface area contributed by atoms with Crippen LogP contribution in [0.5, 0.6) is 0 Å². The van der Waals surface area contributed by atoms with E-state index in [1.807, 2.05) is 54.1 Å². The maximum Gasteiger partial charge on any atom is 0.296 e. The third-order valence-electron chi connectivity index (χ3n) is 4.58. The van der Waals surface area contributed by atoms with E-state index in [9.17, 15) is 14.7 Å². The predicted octanol–water partition coefficient (Wildman–Crippen LogP) is 4.74. The minimum atomic E-state index is -0.636. The Bertz CT molecular complexity index is 1000. The maximum absolute atomic E-state index is 12.8. The van der Waals surface area contributed by atoms with Gasteiger partial charge in [-0.3, -0.25) is 9.59 Å². The van der Waals surface area contributed by atoms with Gasteiger partial charge in [0.2, 0.25) is 0 Å². The third-order valence-corrected chi connectivity index (χ3v) is 6.37. The van der Waals surface area contributed by atoms with Crippen molar-refractivity contribution in [1.29, 1.82) is 0 Å². The molecule has 1 aliphatic rings. The fourth-order valence-electron chi connectivity index (χ4n) is 3.22. The second kappa shape index (κ2) is 7.13. The zero-order chi connectivity index (χ0) is 19.0. The van der Waals surface area contributed by atoms with Crippen molar-refractivity contribution in [2.45, 2.75) is 19.5 Å². The molecule has 1 unspecified atom stereocenters. The van der Waals surface area contributed by atoms with E-state index >= 15 is 0 Å².